The fourth-order valence-electron chi connectivity index (χ4n) is 1.20. The number of non-ortho nitro benzene ring substituents is 1. The molecule has 0 fully saturated rings. The van der Waals surface area contributed by atoms with Crippen LogP contribution in [-0.4, -0.2) is 23.5 Å². The minimum Gasteiger partial charge on any atom is -0.384 e. The van der Waals surface area contributed by atoms with Crippen LogP contribution >= 0.6 is 27.7 Å². The van der Waals surface area contributed by atoms with Crippen LogP contribution in [0.1, 0.15) is 6.42 Å². The Morgan fingerprint density at radius 2 is 2.31 bits per heavy atom. The molecule has 0 heterocycles. The summed E-state index contributed by atoms with van der Waals surface area (Å²) < 4.78 is 0.849. The first-order valence-corrected chi connectivity index (χ1v) is 7.00. The van der Waals surface area contributed by atoms with E-state index in [2.05, 4.69) is 27.5 Å². The lowest BCUT2D eigenvalue weighted by Gasteiger charge is -2.07. The third-order valence-corrected chi connectivity index (χ3v) is 3.39. The predicted octanol–water partition coefficient (Wildman–Crippen LogP) is 3.52. The molecular weight excluding hydrogens is 292 g/mol. The second-order valence-electron chi connectivity index (χ2n) is 3.19. The van der Waals surface area contributed by atoms with Crippen LogP contribution < -0.4 is 5.32 Å². The zero-order valence-electron chi connectivity index (χ0n) is 8.90. The normalized spacial score (nSPS) is 10.1. The smallest absolute Gasteiger partial charge is 0.271 e. The highest BCUT2D eigenvalue weighted by atomic mass is 79.9. The van der Waals surface area contributed by atoms with Gasteiger partial charge in [-0.15, -0.1) is 0 Å². The first kappa shape index (κ1) is 13.3. The summed E-state index contributed by atoms with van der Waals surface area (Å²) in [5.41, 5.74) is 0.880. The van der Waals surface area contributed by atoms with Gasteiger partial charge in [0.1, 0.15) is 0 Å². The van der Waals surface area contributed by atoms with Gasteiger partial charge < -0.3 is 5.32 Å². The van der Waals surface area contributed by atoms with E-state index in [1.165, 1.54) is 6.07 Å². The van der Waals surface area contributed by atoms with E-state index in [0.717, 1.165) is 28.9 Å². The molecule has 0 aliphatic carbocycles. The third-order valence-electron chi connectivity index (χ3n) is 2.00. The summed E-state index contributed by atoms with van der Waals surface area (Å²) in [6.07, 6.45) is 3.10. The van der Waals surface area contributed by atoms with Crippen LogP contribution in [0.4, 0.5) is 11.4 Å². The lowest BCUT2D eigenvalue weighted by atomic mass is 10.3. The van der Waals surface area contributed by atoms with Gasteiger partial charge in [0.2, 0.25) is 0 Å². The van der Waals surface area contributed by atoms with Gasteiger partial charge >= 0.3 is 0 Å². The van der Waals surface area contributed by atoms with E-state index in [1.807, 2.05) is 0 Å². The van der Waals surface area contributed by atoms with Crippen LogP contribution in [0.3, 0.4) is 0 Å². The van der Waals surface area contributed by atoms with Crippen molar-refractivity contribution in [2.75, 3.05) is 23.9 Å². The molecule has 0 saturated heterocycles. The fourth-order valence-corrected chi connectivity index (χ4v) is 2.02. The summed E-state index contributed by atoms with van der Waals surface area (Å²) >= 11 is 5.15. The van der Waals surface area contributed by atoms with Crippen molar-refractivity contribution < 1.29 is 4.92 Å². The van der Waals surface area contributed by atoms with E-state index >= 15 is 0 Å². The van der Waals surface area contributed by atoms with Gasteiger partial charge in [0.05, 0.1) is 10.6 Å². The standard InChI is InChI=1S/C10H13BrN2O2S/c1-16-6-2-5-12-10-7-8(13(14)15)3-4-9(10)11/h3-4,7,12H,2,5-6H2,1H3. The van der Waals surface area contributed by atoms with Crippen molar-refractivity contribution in [2.45, 2.75) is 6.42 Å². The van der Waals surface area contributed by atoms with Crippen molar-refractivity contribution in [2.24, 2.45) is 0 Å². The maximum absolute atomic E-state index is 10.6. The molecule has 0 atom stereocenters. The van der Waals surface area contributed by atoms with Crippen molar-refractivity contribution >= 4 is 39.1 Å². The van der Waals surface area contributed by atoms with Crippen molar-refractivity contribution in [3.8, 4) is 0 Å². The largest absolute Gasteiger partial charge is 0.384 e. The number of rotatable bonds is 6. The summed E-state index contributed by atoms with van der Waals surface area (Å²) in [6, 6.07) is 4.72. The zero-order chi connectivity index (χ0) is 12.0. The van der Waals surface area contributed by atoms with Gasteiger partial charge in [-0.3, -0.25) is 10.1 Å². The Balaban J connectivity index is 2.63. The lowest BCUT2D eigenvalue weighted by molar-refractivity contribution is -0.384. The summed E-state index contributed by atoms with van der Waals surface area (Å²) in [5, 5.41) is 13.8. The van der Waals surface area contributed by atoms with Gasteiger partial charge in [-0.1, -0.05) is 0 Å². The van der Waals surface area contributed by atoms with Gasteiger partial charge in [-0.2, -0.15) is 11.8 Å². The first-order valence-electron chi connectivity index (χ1n) is 4.82. The van der Waals surface area contributed by atoms with Gasteiger partial charge in [0.25, 0.3) is 5.69 Å². The van der Waals surface area contributed by atoms with E-state index in [0.29, 0.717) is 0 Å². The number of nitro benzene ring substituents is 1. The molecule has 0 unspecified atom stereocenters. The Morgan fingerprint density at radius 1 is 1.56 bits per heavy atom. The minimum atomic E-state index is -0.389. The second-order valence-corrected chi connectivity index (χ2v) is 5.03. The Morgan fingerprint density at radius 3 is 2.94 bits per heavy atom. The van der Waals surface area contributed by atoms with Crippen LogP contribution in [-0.2, 0) is 0 Å². The third kappa shape index (κ3) is 4.02. The predicted molar refractivity (Wildman–Crippen MR) is 72.3 cm³/mol. The Labute approximate surface area is 107 Å². The average molecular weight is 305 g/mol. The van der Waals surface area contributed by atoms with Crippen molar-refractivity contribution in [1.29, 1.82) is 0 Å². The van der Waals surface area contributed by atoms with Gasteiger partial charge in [0, 0.05) is 23.2 Å². The summed E-state index contributed by atoms with van der Waals surface area (Å²) in [7, 11) is 0. The summed E-state index contributed by atoms with van der Waals surface area (Å²) in [6.45, 7) is 0.820. The van der Waals surface area contributed by atoms with Crippen molar-refractivity contribution in [1.82, 2.24) is 0 Å². The SMILES string of the molecule is CSCCCNc1cc([N+](=O)[O-])ccc1Br. The molecule has 16 heavy (non-hydrogen) atoms. The Hall–Kier alpha value is -0.750. The van der Waals surface area contributed by atoms with E-state index in [9.17, 15) is 10.1 Å². The highest BCUT2D eigenvalue weighted by molar-refractivity contribution is 9.10. The molecule has 0 amide bonds. The number of nitrogens with zero attached hydrogens (tertiary/aromatic N) is 1. The number of thioether (sulfide) groups is 1. The maximum Gasteiger partial charge on any atom is 0.271 e. The molecule has 88 valence electrons. The number of halogens is 1. The van der Waals surface area contributed by atoms with E-state index in [4.69, 9.17) is 0 Å². The average Bonchev–Trinajstić information content (AvgIpc) is 2.26. The second kappa shape index (κ2) is 6.75. The van der Waals surface area contributed by atoms with E-state index in [1.54, 1.807) is 23.9 Å². The first-order chi connectivity index (χ1) is 7.65. The molecule has 6 heteroatoms. The lowest BCUT2D eigenvalue weighted by Crippen LogP contribution is -2.03. The van der Waals surface area contributed by atoms with Crippen molar-refractivity contribution in [3.63, 3.8) is 0 Å². The van der Waals surface area contributed by atoms with Crippen LogP contribution in [0.25, 0.3) is 0 Å². The number of hydrogen-bond acceptors (Lipinski definition) is 4. The molecule has 0 radical (unpaired) electrons. The molecule has 0 saturated carbocycles. The van der Waals surface area contributed by atoms with E-state index in [-0.39, 0.29) is 10.6 Å². The molecule has 0 bridgehead atoms. The summed E-state index contributed by atoms with van der Waals surface area (Å²) in [5.74, 6) is 1.08. The molecule has 0 spiro atoms. The van der Waals surface area contributed by atoms with Gasteiger partial charge in [-0.05, 0) is 40.4 Å². The monoisotopic (exact) mass is 304 g/mol. The zero-order valence-corrected chi connectivity index (χ0v) is 11.3. The molecule has 1 aromatic rings. The van der Waals surface area contributed by atoms with Crippen LogP contribution in [0, 0.1) is 10.1 Å². The number of nitro groups is 1. The minimum absolute atomic E-state index is 0.107. The van der Waals surface area contributed by atoms with Crippen LogP contribution in [0.2, 0.25) is 0 Å². The molecule has 0 aliphatic heterocycles. The topological polar surface area (TPSA) is 55.2 Å². The molecule has 1 rings (SSSR count). The highest BCUT2D eigenvalue weighted by Crippen LogP contribution is 2.26. The maximum atomic E-state index is 10.6. The van der Waals surface area contributed by atoms with Gasteiger partial charge in [-0.25, -0.2) is 0 Å². The molecule has 0 aliphatic rings. The highest BCUT2D eigenvalue weighted by Gasteiger charge is 2.08. The number of anilines is 1. The molecule has 4 nitrogen and oxygen atoms in total. The van der Waals surface area contributed by atoms with Crippen molar-refractivity contribution in [3.05, 3.63) is 32.8 Å². The quantitative estimate of drug-likeness (QED) is 0.496. The molecule has 1 N–H and O–H groups in total. The van der Waals surface area contributed by atoms with Crippen LogP contribution in [0.15, 0.2) is 22.7 Å². The number of benzene rings is 1. The van der Waals surface area contributed by atoms with E-state index < -0.39 is 0 Å². The van der Waals surface area contributed by atoms with Crippen LogP contribution in [0.5, 0.6) is 0 Å². The fraction of sp³-hybridized carbons (Fsp3) is 0.400. The molecule has 0 aromatic heterocycles. The number of hydrogen-bond donors (Lipinski definition) is 1. The molecule has 1 aromatic carbocycles. The molecular formula is C10H13BrN2O2S. The summed E-state index contributed by atoms with van der Waals surface area (Å²) in [4.78, 5) is 10.2. The Kier molecular flexibility index (Phi) is 5.62. The Bertz CT molecular complexity index is 374. The van der Waals surface area contributed by atoms with Gasteiger partial charge in [0.15, 0.2) is 0 Å². The number of nitrogens with one attached hydrogen (secondary N) is 1.